The molecule has 2 aromatic heterocycles. The summed E-state index contributed by atoms with van der Waals surface area (Å²) in [5, 5.41) is 17.3. The second-order valence-corrected chi connectivity index (χ2v) is 10.7. The van der Waals surface area contributed by atoms with Crippen molar-refractivity contribution in [1.29, 1.82) is 0 Å². The first kappa shape index (κ1) is 23.0. The van der Waals surface area contributed by atoms with E-state index in [2.05, 4.69) is 17.3 Å². The largest absolute Gasteiger partial charge is 0.393 e. The highest BCUT2D eigenvalue weighted by molar-refractivity contribution is 6.04. The molecule has 0 bridgehead atoms. The SMILES string of the molecule is Cc1cc(-c2ccn3nc(N)c(C(=O)N[C@H]4CCC[C@@H](O)C4)c3n2)cc2c1C(=O)N([C@@H](C)C1CC1)C2. The summed E-state index contributed by atoms with van der Waals surface area (Å²) in [7, 11) is 0. The number of anilines is 1. The van der Waals surface area contributed by atoms with Gasteiger partial charge in [0, 0.05) is 36.0 Å². The Balaban J connectivity index is 1.32. The standard InChI is InChI=1S/C27H32N6O3/c1-14-10-17(11-18-13-32(27(36)22(14)18)15(2)16-6-7-16)21-8-9-33-25(30-21)23(24(28)31-33)26(35)29-19-4-3-5-20(34)12-19/h8-11,15-16,19-20,34H,3-7,12-13H2,1-2H3,(H2,28,31)(H,29,35)/t15-,19-,20+/m0/s1. The number of nitrogen functional groups attached to an aromatic ring is 1. The van der Waals surface area contributed by atoms with Crippen LogP contribution in [-0.4, -0.2) is 54.6 Å². The zero-order valence-electron chi connectivity index (χ0n) is 20.7. The molecule has 2 fully saturated rings. The van der Waals surface area contributed by atoms with Crippen LogP contribution in [0.2, 0.25) is 0 Å². The number of nitrogens with two attached hydrogens (primary N) is 1. The predicted molar refractivity (Wildman–Crippen MR) is 135 cm³/mol. The highest BCUT2D eigenvalue weighted by Crippen LogP contribution is 2.39. The van der Waals surface area contributed by atoms with Crippen LogP contribution in [0.15, 0.2) is 24.4 Å². The molecule has 9 heteroatoms. The molecule has 36 heavy (non-hydrogen) atoms. The summed E-state index contributed by atoms with van der Waals surface area (Å²) in [4.78, 5) is 33.1. The first-order valence-electron chi connectivity index (χ1n) is 12.9. The molecular formula is C27H32N6O3. The van der Waals surface area contributed by atoms with Crippen LogP contribution in [0.25, 0.3) is 16.9 Å². The summed E-state index contributed by atoms with van der Waals surface area (Å²) in [6.07, 6.45) is 6.74. The second kappa shape index (κ2) is 8.58. The van der Waals surface area contributed by atoms with Gasteiger partial charge in [-0.15, -0.1) is 5.10 Å². The summed E-state index contributed by atoms with van der Waals surface area (Å²) >= 11 is 0. The molecule has 2 amide bonds. The highest BCUT2D eigenvalue weighted by atomic mass is 16.3. The third kappa shape index (κ3) is 3.91. The first-order chi connectivity index (χ1) is 17.3. The fourth-order valence-corrected chi connectivity index (χ4v) is 5.88. The Morgan fingerprint density at radius 3 is 2.81 bits per heavy atom. The lowest BCUT2D eigenvalue weighted by Crippen LogP contribution is -2.40. The van der Waals surface area contributed by atoms with Gasteiger partial charge in [0.2, 0.25) is 0 Å². The summed E-state index contributed by atoms with van der Waals surface area (Å²) in [6.45, 7) is 4.74. The zero-order valence-corrected chi connectivity index (χ0v) is 20.7. The molecule has 0 spiro atoms. The van der Waals surface area contributed by atoms with E-state index in [1.807, 2.05) is 30.0 Å². The van der Waals surface area contributed by atoms with E-state index in [4.69, 9.17) is 10.7 Å². The monoisotopic (exact) mass is 488 g/mol. The van der Waals surface area contributed by atoms with Crippen molar-refractivity contribution in [2.24, 2.45) is 5.92 Å². The number of aliphatic hydroxyl groups excluding tert-OH is 1. The van der Waals surface area contributed by atoms with Gasteiger partial charge in [-0.3, -0.25) is 9.59 Å². The van der Waals surface area contributed by atoms with Gasteiger partial charge in [0.25, 0.3) is 11.8 Å². The smallest absolute Gasteiger partial charge is 0.259 e. The minimum atomic E-state index is -0.395. The molecule has 4 N–H and O–H groups in total. The normalized spacial score (nSPS) is 22.6. The molecule has 3 aromatic rings. The van der Waals surface area contributed by atoms with Crippen LogP contribution in [0.3, 0.4) is 0 Å². The zero-order chi connectivity index (χ0) is 25.1. The van der Waals surface area contributed by atoms with E-state index in [1.165, 1.54) is 17.4 Å². The van der Waals surface area contributed by atoms with Crippen LogP contribution in [-0.2, 0) is 6.54 Å². The van der Waals surface area contributed by atoms with Crippen LogP contribution in [0, 0.1) is 12.8 Å². The number of carbonyl (C=O) groups excluding carboxylic acids is 2. The number of amides is 2. The van der Waals surface area contributed by atoms with E-state index in [1.54, 1.807) is 6.20 Å². The van der Waals surface area contributed by atoms with Gasteiger partial charge in [0.1, 0.15) is 5.56 Å². The summed E-state index contributed by atoms with van der Waals surface area (Å²) < 4.78 is 1.52. The molecule has 6 rings (SSSR count). The van der Waals surface area contributed by atoms with E-state index in [9.17, 15) is 14.7 Å². The number of carbonyl (C=O) groups is 2. The molecule has 0 radical (unpaired) electrons. The average molecular weight is 489 g/mol. The van der Waals surface area contributed by atoms with Crippen molar-refractivity contribution in [3.05, 3.63) is 46.6 Å². The highest BCUT2D eigenvalue weighted by Gasteiger charge is 2.39. The molecule has 3 aliphatic rings. The number of aliphatic hydroxyl groups is 1. The lowest BCUT2D eigenvalue weighted by Gasteiger charge is -2.26. The lowest BCUT2D eigenvalue weighted by molar-refractivity contribution is 0.0696. The third-order valence-electron chi connectivity index (χ3n) is 8.05. The molecule has 0 saturated heterocycles. The van der Waals surface area contributed by atoms with E-state index in [0.29, 0.717) is 30.2 Å². The average Bonchev–Trinajstić information content (AvgIpc) is 3.55. The number of hydrogen-bond donors (Lipinski definition) is 3. The van der Waals surface area contributed by atoms with Crippen LogP contribution in [0.1, 0.15) is 77.3 Å². The van der Waals surface area contributed by atoms with E-state index in [-0.39, 0.29) is 35.3 Å². The maximum absolute atomic E-state index is 13.2. The Morgan fingerprint density at radius 1 is 1.25 bits per heavy atom. The molecule has 3 atom stereocenters. The molecule has 3 heterocycles. The minimum Gasteiger partial charge on any atom is -0.393 e. The summed E-state index contributed by atoms with van der Waals surface area (Å²) in [6, 6.07) is 6.03. The van der Waals surface area contributed by atoms with Crippen LogP contribution in [0.4, 0.5) is 5.82 Å². The summed E-state index contributed by atoms with van der Waals surface area (Å²) in [5.41, 5.74) is 11.1. The minimum absolute atomic E-state index is 0.100. The number of aryl methyl sites for hydroxylation is 1. The fraction of sp³-hybridized carbons (Fsp3) is 0.481. The maximum Gasteiger partial charge on any atom is 0.259 e. The number of nitrogens with zero attached hydrogens (tertiary/aromatic N) is 4. The van der Waals surface area contributed by atoms with Crippen LogP contribution >= 0.6 is 0 Å². The Hall–Kier alpha value is -3.46. The van der Waals surface area contributed by atoms with E-state index >= 15 is 0 Å². The van der Waals surface area contributed by atoms with Gasteiger partial charge in [-0.25, -0.2) is 9.50 Å². The van der Waals surface area contributed by atoms with Gasteiger partial charge in [-0.1, -0.05) is 0 Å². The second-order valence-electron chi connectivity index (χ2n) is 10.7. The van der Waals surface area contributed by atoms with Crippen molar-refractivity contribution in [3.63, 3.8) is 0 Å². The van der Waals surface area contributed by atoms with E-state index in [0.717, 1.165) is 41.5 Å². The Labute approximate surface area is 209 Å². The maximum atomic E-state index is 13.2. The first-order valence-corrected chi connectivity index (χ1v) is 12.9. The number of nitrogens with one attached hydrogen (secondary N) is 1. The van der Waals surface area contributed by atoms with Gasteiger partial charge < -0.3 is 21.1 Å². The quantitative estimate of drug-likeness (QED) is 0.507. The molecular weight excluding hydrogens is 456 g/mol. The number of rotatable bonds is 5. The van der Waals surface area contributed by atoms with Crippen molar-refractivity contribution < 1.29 is 14.7 Å². The van der Waals surface area contributed by atoms with Gasteiger partial charge in [-0.2, -0.15) is 0 Å². The Kier molecular flexibility index (Phi) is 5.48. The molecule has 188 valence electrons. The topological polar surface area (TPSA) is 126 Å². The summed E-state index contributed by atoms with van der Waals surface area (Å²) in [5.74, 6) is 0.522. The van der Waals surface area contributed by atoms with Crippen molar-refractivity contribution in [1.82, 2.24) is 24.8 Å². The Bertz CT molecular complexity index is 1380. The number of benzene rings is 1. The molecule has 0 unspecified atom stereocenters. The number of hydrogen-bond acceptors (Lipinski definition) is 6. The van der Waals surface area contributed by atoms with Gasteiger partial charge >= 0.3 is 0 Å². The van der Waals surface area contributed by atoms with Crippen molar-refractivity contribution >= 4 is 23.3 Å². The molecule has 1 aromatic carbocycles. The molecule has 2 saturated carbocycles. The van der Waals surface area contributed by atoms with Gasteiger partial charge in [0.15, 0.2) is 11.5 Å². The van der Waals surface area contributed by atoms with Crippen molar-refractivity contribution in [3.8, 4) is 11.3 Å². The van der Waals surface area contributed by atoms with Crippen molar-refractivity contribution in [2.75, 3.05) is 5.73 Å². The van der Waals surface area contributed by atoms with Crippen LogP contribution < -0.4 is 11.1 Å². The molecule has 1 aliphatic heterocycles. The predicted octanol–water partition coefficient (Wildman–Crippen LogP) is 3.07. The fourth-order valence-electron chi connectivity index (χ4n) is 5.88. The van der Waals surface area contributed by atoms with Crippen LogP contribution in [0.5, 0.6) is 0 Å². The molecule has 9 nitrogen and oxygen atoms in total. The van der Waals surface area contributed by atoms with Gasteiger partial charge in [0.05, 0.1) is 11.8 Å². The lowest BCUT2D eigenvalue weighted by atomic mass is 9.93. The number of fused-ring (bicyclic) bond motifs is 2. The third-order valence-corrected chi connectivity index (χ3v) is 8.05. The molecule has 2 aliphatic carbocycles. The van der Waals surface area contributed by atoms with Crippen molar-refractivity contribution in [2.45, 2.75) is 77.1 Å². The van der Waals surface area contributed by atoms with Gasteiger partial charge in [-0.05, 0) is 87.6 Å². The van der Waals surface area contributed by atoms with E-state index < -0.39 is 6.10 Å². The number of aromatic nitrogens is 3. The Morgan fingerprint density at radius 2 is 2.06 bits per heavy atom.